The van der Waals surface area contributed by atoms with E-state index in [0.717, 1.165) is 30.1 Å². The Balaban J connectivity index is 0.00000304. The number of halogens is 3. The average molecular weight is 502 g/mol. The number of amides is 1. The summed E-state index contributed by atoms with van der Waals surface area (Å²) in [4.78, 5) is 25.7. The van der Waals surface area contributed by atoms with Crippen LogP contribution in [0.3, 0.4) is 0 Å². The summed E-state index contributed by atoms with van der Waals surface area (Å²) in [6, 6.07) is 1.67. The Bertz CT molecular complexity index is 1240. The van der Waals surface area contributed by atoms with Gasteiger partial charge in [-0.05, 0) is 42.9 Å². The second kappa shape index (κ2) is 10.2. The van der Waals surface area contributed by atoms with Crippen LogP contribution in [0.1, 0.15) is 44.7 Å². The number of aromatic nitrogens is 4. The quantitative estimate of drug-likeness (QED) is 0.462. The highest BCUT2D eigenvalue weighted by atomic mass is 19.2. The molecular formula is C25H30F3N7O. The standard InChI is InChI=1S/C24H26F3N7O.CH4/c1-3-19-23(35)32(2)20-10-29-24(31-22(20)34(19)13-14-4-5-14)28-8-16-9-30-33(12-16)11-15-6-17(25)21(27)18(26)7-15;/h6-7,9-10,12,14,19H,3-5,8,11,13H2,1-2H3,(H,28,29,31);1H4/t19-;/m0./s1. The highest BCUT2D eigenvalue weighted by Gasteiger charge is 2.39. The molecule has 3 heterocycles. The minimum atomic E-state index is -1.49. The first-order valence-corrected chi connectivity index (χ1v) is 11.6. The lowest BCUT2D eigenvalue weighted by Crippen LogP contribution is -2.53. The number of rotatable bonds is 8. The molecule has 3 aromatic rings. The van der Waals surface area contributed by atoms with Crippen molar-refractivity contribution in [2.75, 3.05) is 28.7 Å². The fourth-order valence-corrected chi connectivity index (χ4v) is 4.36. The molecular weight excluding hydrogens is 471 g/mol. The first-order valence-electron chi connectivity index (χ1n) is 11.6. The van der Waals surface area contributed by atoms with Crippen molar-refractivity contribution in [1.82, 2.24) is 19.7 Å². The number of carbonyl (C=O) groups excluding carboxylic acids is 1. The van der Waals surface area contributed by atoms with E-state index >= 15 is 0 Å². The molecule has 0 radical (unpaired) electrons. The number of carbonyl (C=O) groups is 1. The van der Waals surface area contributed by atoms with E-state index < -0.39 is 17.5 Å². The molecule has 1 N–H and O–H groups in total. The fraction of sp³-hybridized carbons (Fsp3) is 0.440. The summed E-state index contributed by atoms with van der Waals surface area (Å²) in [5.74, 6) is -2.12. The van der Waals surface area contributed by atoms with Gasteiger partial charge in [0.05, 0.1) is 18.9 Å². The SMILES string of the molecule is C.CC[C@H]1C(=O)N(C)c2cnc(NCc3cnn(Cc4cc(F)c(F)c(F)c4)c3)nc2N1CC1CC1. The summed E-state index contributed by atoms with van der Waals surface area (Å²) in [5.41, 5.74) is 1.77. The summed E-state index contributed by atoms with van der Waals surface area (Å²) in [5, 5.41) is 7.40. The lowest BCUT2D eigenvalue weighted by Gasteiger charge is -2.40. The van der Waals surface area contributed by atoms with Crippen LogP contribution in [0.25, 0.3) is 0 Å². The van der Waals surface area contributed by atoms with Crippen molar-refractivity contribution in [1.29, 1.82) is 0 Å². The first-order chi connectivity index (χ1) is 16.8. The third-order valence-corrected chi connectivity index (χ3v) is 6.44. The van der Waals surface area contributed by atoms with Crippen LogP contribution < -0.4 is 15.1 Å². The van der Waals surface area contributed by atoms with Gasteiger partial charge < -0.3 is 15.1 Å². The fourth-order valence-electron chi connectivity index (χ4n) is 4.36. The smallest absolute Gasteiger partial charge is 0.249 e. The van der Waals surface area contributed by atoms with Gasteiger partial charge in [0.1, 0.15) is 11.7 Å². The second-order valence-electron chi connectivity index (χ2n) is 9.09. The molecule has 1 aliphatic carbocycles. The molecule has 0 saturated heterocycles. The molecule has 1 atom stereocenters. The second-order valence-corrected chi connectivity index (χ2v) is 9.09. The number of benzene rings is 1. The number of likely N-dealkylation sites (N-methyl/N-ethyl adjacent to an activating group) is 1. The van der Waals surface area contributed by atoms with Crippen LogP contribution in [0.5, 0.6) is 0 Å². The number of hydrogen-bond donors (Lipinski definition) is 1. The van der Waals surface area contributed by atoms with Gasteiger partial charge in [0.15, 0.2) is 23.3 Å². The highest BCUT2D eigenvalue weighted by Crippen LogP contribution is 2.39. The van der Waals surface area contributed by atoms with Gasteiger partial charge in [-0.3, -0.25) is 9.48 Å². The summed E-state index contributed by atoms with van der Waals surface area (Å²) in [6.45, 7) is 3.28. The number of fused-ring (bicyclic) bond motifs is 1. The Kier molecular flexibility index (Phi) is 7.18. The minimum absolute atomic E-state index is 0. The van der Waals surface area contributed by atoms with Crippen molar-refractivity contribution in [3.05, 3.63) is 59.3 Å². The van der Waals surface area contributed by atoms with Crippen LogP contribution in [0.4, 0.5) is 30.6 Å². The molecule has 1 fully saturated rings. The molecule has 8 nitrogen and oxygen atoms in total. The maximum absolute atomic E-state index is 13.5. The van der Waals surface area contributed by atoms with Gasteiger partial charge in [0.25, 0.3) is 0 Å². The number of nitrogens with zero attached hydrogens (tertiary/aromatic N) is 6. The van der Waals surface area contributed by atoms with E-state index in [4.69, 9.17) is 4.98 Å². The predicted molar refractivity (Wildman–Crippen MR) is 131 cm³/mol. The van der Waals surface area contributed by atoms with Gasteiger partial charge in [-0.2, -0.15) is 10.1 Å². The summed E-state index contributed by atoms with van der Waals surface area (Å²) >= 11 is 0. The van der Waals surface area contributed by atoms with Crippen LogP contribution in [-0.2, 0) is 17.9 Å². The lowest BCUT2D eigenvalue weighted by atomic mass is 10.1. The van der Waals surface area contributed by atoms with Gasteiger partial charge in [-0.1, -0.05) is 14.4 Å². The molecule has 2 aromatic heterocycles. The molecule has 36 heavy (non-hydrogen) atoms. The monoisotopic (exact) mass is 501 g/mol. The van der Waals surface area contributed by atoms with Crippen LogP contribution in [-0.4, -0.2) is 45.3 Å². The number of anilines is 3. The van der Waals surface area contributed by atoms with Crippen LogP contribution in [0, 0.1) is 23.4 Å². The highest BCUT2D eigenvalue weighted by molar-refractivity contribution is 6.04. The molecule has 11 heteroatoms. The van der Waals surface area contributed by atoms with E-state index in [9.17, 15) is 18.0 Å². The largest absolute Gasteiger partial charge is 0.350 e. The van der Waals surface area contributed by atoms with Gasteiger partial charge in [-0.15, -0.1) is 0 Å². The molecule has 5 rings (SSSR count). The first kappa shape index (κ1) is 25.5. The van der Waals surface area contributed by atoms with E-state index in [0.29, 0.717) is 30.5 Å². The molecule has 0 bridgehead atoms. The molecule has 192 valence electrons. The summed E-state index contributed by atoms with van der Waals surface area (Å²) < 4.78 is 41.6. The van der Waals surface area contributed by atoms with Crippen molar-refractivity contribution in [3.63, 3.8) is 0 Å². The molecule has 1 amide bonds. The average Bonchev–Trinajstić information content (AvgIpc) is 3.56. The molecule has 2 aliphatic rings. The Hall–Kier alpha value is -3.63. The van der Waals surface area contributed by atoms with Crippen molar-refractivity contribution in [2.24, 2.45) is 5.92 Å². The maximum Gasteiger partial charge on any atom is 0.249 e. The minimum Gasteiger partial charge on any atom is -0.350 e. The van der Waals surface area contributed by atoms with Crippen LogP contribution in [0.15, 0.2) is 30.7 Å². The van der Waals surface area contributed by atoms with Gasteiger partial charge >= 0.3 is 0 Å². The van der Waals surface area contributed by atoms with Crippen molar-refractivity contribution in [3.8, 4) is 0 Å². The molecule has 0 unspecified atom stereocenters. The zero-order chi connectivity index (χ0) is 24.7. The molecule has 1 saturated carbocycles. The zero-order valence-corrected chi connectivity index (χ0v) is 19.5. The van der Waals surface area contributed by atoms with E-state index in [1.54, 1.807) is 30.5 Å². The van der Waals surface area contributed by atoms with E-state index in [1.807, 2.05) is 6.92 Å². The summed E-state index contributed by atoms with van der Waals surface area (Å²) in [7, 11) is 1.75. The maximum atomic E-state index is 13.5. The molecule has 1 aromatic carbocycles. The van der Waals surface area contributed by atoms with Crippen molar-refractivity contribution >= 4 is 23.4 Å². The van der Waals surface area contributed by atoms with Crippen molar-refractivity contribution < 1.29 is 18.0 Å². The topological polar surface area (TPSA) is 79.2 Å². The molecule has 1 aliphatic heterocycles. The third kappa shape index (κ3) is 5.00. The van der Waals surface area contributed by atoms with Crippen LogP contribution in [0.2, 0.25) is 0 Å². The molecule has 0 spiro atoms. The zero-order valence-electron chi connectivity index (χ0n) is 19.5. The Morgan fingerprint density at radius 2 is 1.83 bits per heavy atom. The predicted octanol–water partition coefficient (Wildman–Crippen LogP) is 4.36. The van der Waals surface area contributed by atoms with E-state index in [-0.39, 0.29) is 31.5 Å². The van der Waals surface area contributed by atoms with Crippen LogP contribution >= 0.6 is 0 Å². The number of hydrogen-bond acceptors (Lipinski definition) is 6. The van der Waals surface area contributed by atoms with E-state index in [1.165, 1.54) is 17.5 Å². The Morgan fingerprint density at radius 1 is 1.11 bits per heavy atom. The summed E-state index contributed by atoms with van der Waals surface area (Å²) in [6.07, 6.45) is 8.05. The van der Waals surface area contributed by atoms with Gasteiger partial charge in [0, 0.05) is 31.9 Å². The normalized spacial score (nSPS) is 17.1. The number of nitrogens with one attached hydrogen (secondary N) is 1. The van der Waals surface area contributed by atoms with Gasteiger partial charge in [0.2, 0.25) is 11.9 Å². The van der Waals surface area contributed by atoms with E-state index in [2.05, 4.69) is 20.3 Å². The third-order valence-electron chi connectivity index (χ3n) is 6.44. The van der Waals surface area contributed by atoms with Gasteiger partial charge in [-0.25, -0.2) is 18.2 Å². The Morgan fingerprint density at radius 3 is 2.50 bits per heavy atom. The lowest BCUT2D eigenvalue weighted by molar-refractivity contribution is -0.120. The Labute approximate surface area is 208 Å². The van der Waals surface area contributed by atoms with Crippen molar-refractivity contribution in [2.45, 2.75) is 52.7 Å².